The van der Waals surface area contributed by atoms with Gasteiger partial charge in [-0.2, -0.15) is 0 Å². The molecule has 0 radical (unpaired) electrons. The van der Waals surface area contributed by atoms with E-state index < -0.39 is 5.97 Å². The maximum Gasteiger partial charge on any atom is 0.323 e. The summed E-state index contributed by atoms with van der Waals surface area (Å²) in [4.78, 5) is 25.3. The lowest BCUT2D eigenvalue weighted by molar-refractivity contribution is -0.137. The van der Waals surface area contributed by atoms with Gasteiger partial charge < -0.3 is 14.9 Å². The highest BCUT2D eigenvalue weighted by molar-refractivity contribution is 5.79. The van der Waals surface area contributed by atoms with Gasteiger partial charge >= 0.3 is 12.0 Å². The summed E-state index contributed by atoms with van der Waals surface area (Å²) in [6, 6.07) is -0.169. The van der Waals surface area contributed by atoms with Crippen LogP contribution in [0, 0.1) is 5.92 Å². The van der Waals surface area contributed by atoms with Crippen LogP contribution in [-0.2, 0) is 4.79 Å². The van der Waals surface area contributed by atoms with Crippen molar-refractivity contribution < 1.29 is 14.7 Å². The molecule has 5 nitrogen and oxygen atoms in total. The van der Waals surface area contributed by atoms with Crippen molar-refractivity contribution in [2.75, 3.05) is 26.7 Å². The first kappa shape index (κ1) is 12.8. The normalized spacial score (nSPS) is 17.2. The van der Waals surface area contributed by atoms with E-state index in [9.17, 15) is 9.59 Å². The highest BCUT2D eigenvalue weighted by Gasteiger charge is 2.24. The third-order valence-electron chi connectivity index (χ3n) is 3.16. The smallest absolute Gasteiger partial charge is 0.323 e. The van der Waals surface area contributed by atoms with Gasteiger partial charge in [-0.05, 0) is 18.8 Å². The highest BCUT2D eigenvalue weighted by atomic mass is 16.4. The Balaban J connectivity index is 2.40. The minimum Gasteiger partial charge on any atom is -0.480 e. The maximum absolute atomic E-state index is 11.8. The molecule has 5 heteroatoms. The lowest BCUT2D eigenvalue weighted by Crippen LogP contribution is -2.46. The minimum absolute atomic E-state index is 0.169. The zero-order valence-electron chi connectivity index (χ0n) is 9.98. The third kappa shape index (κ3) is 3.40. The van der Waals surface area contributed by atoms with Crippen LogP contribution in [0.1, 0.15) is 26.2 Å². The molecule has 0 spiro atoms. The largest absolute Gasteiger partial charge is 0.480 e. The number of carbonyl (C=O) groups is 2. The molecule has 92 valence electrons. The first-order chi connectivity index (χ1) is 7.54. The van der Waals surface area contributed by atoms with E-state index in [-0.39, 0.29) is 12.6 Å². The third-order valence-corrected chi connectivity index (χ3v) is 3.16. The van der Waals surface area contributed by atoms with E-state index in [4.69, 9.17) is 5.11 Å². The van der Waals surface area contributed by atoms with E-state index in [1.54, 1.807) is 4.90 Å². The Morgan fingerprint density at radius 2 is 1.94 bits per heavy atom. The predicted octanol–water partition coefficient (Wildman–Crippen LogP) is 1.24. The molecule has 0 aromatic carbocycles. The van der Waals surface area contributed by atoms with Gasteiger partial charge in [0.05, 0.1) is 0 Å². The standard InChI is InChI=1S/C11H20N2O3/c1-3-9-4-6-13(7-5-9)11(16)12(2)8-10(14)15/h9H,3-8H2,1-2H3,(H,14,15). The van der Waals surface area contributed by atoms with Crippen molar-refractivity contribution in [2.45, 2.75) is 26.2 Å². The first-order valence-corrected chi connectivity index (χ1v) is 5.76. The molecule has 0 atom stereocenters. The lowest BCUT2D eigenvalue weighted by Gasteiger charge is -2.33. The van der Waals surface area contributed by atoms with Gasteiger partial charge in [0.1, 0.15) is 6.54 Å². The molecule has 0 aromatic rings. The van der Waals surface area contributed by atoms with Gasteiger partial charge in [0.2, 0.25) is 0 Å². The van der Waals surface area contributed by atoms with Gasteiger partial charge in [-0.3, -0.25) is 4.79 Å². The van der Waals surface area contributed by atoms with Crippen LogP contribution in [0.25, 0.3) is 0 Å². The number of piperidine rings is 1. The monoisotopic (exact) mass is 228 g/mol. The fourth-order valence-electron chi connectivity index (χ4n) is 2.04. The Hall–Kier alpha value is -1.26. The Kier molecular flexibility index (Phi) is 4.58. The lowest BCUT2D eigenvalue weighted by atomic mass is 9.95. The molecule has 2 amide bonds. The van der Waals surface area contributed by atoms with E-state index in [0.717, 1.165) is 32.4 Å². The number of rotatable bonds is 3. The Morgan fingerprint density at radius 3 is 2.38 bits per heavy atom. The van der Waals surface area contributed by atoms with Crippen LogP contribution in [0.4, 0.5) is 4.79 Å². The van der Waals surface area contributed by atoms with Gasteiger partial charge in [-0.1, -0.05) is 13.3 Å². The Labute approximate surface area is 96.0 Å². The van der Waals surface area contributed by atoms with Gasteiger partial charge in [-0.25, -0.2) is 4.79 Å². The second-order valence-electron chi connectivity index (χ2n) is 4.37. The van der Waals surface area contributed by atoms with E-state index in [1.807, 2.05) is 0 Å². The van der Waals surface area contributed by atoms with Crippen molar-refractivity contribution in [3.63, 3.8) is 0 Å². The molecular weight excluding hydrogens is 208 g/mol. The van der Waals surface area contributed by atoms with Crippen LogP contribution in [0.3, 0.4) is 0 Å². The summed E-state index contributed by atoms with van der Waals surface area (Å²) in [5.41, 5.74) is 0. The maximum atomic E-state index is 11.8. The number of likely N-dealkylation sites (N-methyl/N-ethyl adjacent to an activating group) is 1. The molecular formula is C11H20N2O3. The average Bonchev–Trinajstić information content (AvgIpc) is 2.27. The molecule has 0 unspecified atom stereocenters. The first-order valence-electron chi connectivity index (χ1n) is 5.76. The molecule has 1 aliphatic rings. The summed E-state index contributed by atoms with van der Waals surface area (Å²) in [5.74, 6) is -0.256. The molecule has 0 aromatic heterocycles. The van der Waals surface area contributed by atoms with Gasteiger partial charge in [-0.15, -0.1) is 0 Å². The van der Waals surface area contributed by atoms with Crippen LogP contribution < -0.4 is 0 Å². The van der Waals surface area contributed by atoms with Crippen molar-refractivity contribution >= 4 is 12.0 Å². The van der Waals surface area contributed by atoms with Crippen LogP contribution in [-0.4, -0.2) is 53.6 Å². The average molecular weight is 228 g/mol. The molecule has 0 saturated carbocycles. The van der Waals surface area contributed by atoms with E-state index in [2.05, 4.69) is 6.92 Å². The molecule has 16 heavy (non-hydrogen) atoms. The summed E-state index contributed by atoms with van der Waals surface area (Å²) in [6.07, 6.45) is 3.22. The van der Waals surface area contributed by atoms with Crippen molar-refractivity contribution in [2.24, 2.45) is 5.92 Å². The number of urea groups is 1. The predicted molar refractivity (Wildman–Crippen MR) is 60.2 cm³/mol. The number of aliphatic carboxylic acids is 1. The van der Waals surface area contributed by atoms with Crippen molar-refractivity contribution in [1.82, 2.24) is 9.80 Å². The topological polar surface area (TPSA) is 60.9 Å². The minimum atomic E-state index is -0.973. The number of likely N-dealkylation sites (tertiary alicyclic amines) is 1. The number of carboxylic acids is 1. The summed E-state index contributed by atoms with van der Waals surface area (Å²) >= 11 is 0. The zero-order valence-corrected chi connectivity index (χ0v) is 9.98. The van der Waals surface area contributed by atoms with Gasteiger partial charge in [0, 0.05) is 20.1 Å². The number of carbonyl (C=O) groups excluding carboxylic acids is 1. The van der Waals surface area contributed by atoms with Crippen molar-refractivity contribution in [3.05, 3.63) is 0 Å². The van der Waals surface area contributed by atoms with Crippen LogP contribution in [0.2, 0.25) is 0 Å². The summed E-state index contributed by atoms with van der Waals surface area (Å²) in [5, 5.41) is 8.60. The van der Waals surface area contributed by atoms with E-state index in [1.165, 1.54) is 11.9 Å². The Morgan fingerprint density at radius 1 is 1.38 bits per heavy atom. The van der Waals surface area contributed by atoms with Gasteiger partial charge in [0.15, 0.2) is 0 Å². The molecule has 1 fully saturated rings. The van der Waals surface area contributed by atoms with Crippen LogP contribution >= 0.6 is 0 Å². The molecule has 1 heterocycles. The van der Waals surface area contributed by atoms with Crippen LogP contribution in [0.5, 0.6) is 0 Å². The fraction of sp³-hybridized carbons (Fsp3) is 0.818. The molecule has 1 rings (SSSR count). The summed E-state index contributed by atoms with van der Waals surface area (Å²) in [6.45, 7) is 3.44. The number of carboxylic acid groups (broad SMARTS) is 1. The quantitative estimate of drug-likeness (QED) is 0.790. The highest BCUT2D eigenvalue weighted by Crippen LogP contribution is 2.20. The van der Waals surface area contributed by atoms with E-state index in [0.29, 0.717) is 5.92 Å². The van der Waals surface area contributed by atoms with E-state index >= 15 is 0 Å². The molecule has 1 aliphatic heterocycles. The summed E-state index contributed by atoms with van der Waals surface area (Å²) < 4.78 is 0. The number of nitrogens with zero attached hydrogens (tertiary/aromatic N) is 2. The van der Waals surface area contributed by atoms with Crippen molar-refractivity contribution in [3.8, 4) is 0 Å². The number of amides is 2. The van der Waals surface area contributed by atoms with Crippen molar-refractivity contribution in [1.29, 1.82) is 0 Å². The number of hydrogen-bond donors (Lipinski definition) is 1. The SMILES string of the molecule is CCC1CCN(C(=O)N(C)CC(=O)O)CC1. The molecule has 0 aliphatic carbocycles. The zero-order chi connectivity index (χ0) is 12.1. The number of hydrogen-bond acceptors (Lipinski definition) is 2. The van der Waals surface area contributed by atoms with Gasteiger partial charge in [0.25, 0.3) is 0 Å². The fourth-order valence-corrected chi connectivity index (χ4v) is 2.04. The second kappa shape index (κ2) is 5.72. The van der Waals surface area contributed by atoms with Crippen LogP contribution in [0.15, 0.2) is 0 Å². The molecule has 1 N–H and O–H groups in total. The Bertz CT molecular complexity index is 260. The molecule has 0 bridgehead atoms. The molecule has 1 saturated heterocycles. The summed E-state index contributed by atoms with van der Waals surface area (Å²) in [7, 11) is 1.53. The second-order valence-corrected chi connectivity index (χ2v) is 4.37.